The first kappa shape index (κ1) is 17.5. The predicted molar refractivity (Wildman–Crippen MR) is 83.5 cm³/mol. The van der Waals surface area contributed by atoms with Gasteiger partial charge in [-0.15, -0.1) is 0 Å². The van der Waals surface area contributed by atoms with E-state index < -0.39 is 23.8 Å². The summed E-state index contributed by atoms with van der Waals surface area (Å²) in [5, 5.41) is 15.9. The van der Waals surface area contributed by atoms with Gasteiger partial charge < -0.3 is 15.2 Å². The van der Waals surface area contributed by atoms with E-state index in [-0.39, 0.29) is 12.3 Å². The number of ether oxygens (including phenoxy) is 1. The highest BCUT2D eigenvalue weighted by atomic mass is 19.1. The summed E-state index contributed by atoms with van der Waals surface area (Å²) in [6.45, 7) is 3.21. The molecule has 1 unspecified atom stereocenters. The Morgan fingerprint density at radius 2 is 1.96 bits per heavy atom. The van der Waals surface area contributed by atoms with E-state index in [2.05, 4.69) is 10.4 Å². The molecule has 7 nitrogen and oxygen atoms in total. The molecule has 2 N–H and O–H groups in total. The SMILES string of the molecule is Cc1nn(C)c(C)c1C(=O)NCC(Oc1ccc(F)cc1)C(=O)O. The van der Waals surface area contributed by atoms with Crippen LogP contribution in [0.5, 0.6) is 5.75 Å². The molecular formula is C16H18FN3O4. The van der Waals surface area contributed by atoms with Gasteiger partial charge in [0.05, 0.1) is 17.8 Å². The van der Waals surface area contributed by atoms with E-state index in [1.807, 2.05) is 0 Å². The normalized spacial score (nSPS) is 11.8. The van der Waals surface area contributed by atoms with Crippen molar-refractivity contribution in [3.8, 4) is 5.75 Å². The van der Waals surface area contributed by atoms with Crippen molar-refractivity contribution in [3.63, 3.8) is 0 Å². The summed E-state index contributed by atoms with van der Waals surface area (Å²) < 4.78 is 19.7. The molecule has 0 aliphatic heterocycles. The average molecular weight is 335 g/mol. The molecule has 1 atom stereocenters. The second-order valence-electron chi connectivity index (χ2n) is 5.28. The highest BCUT2D eigenvalue weighted by molar-refractivity contribution is 5.96. The molecule has 8 heteroatoms. The van der Waals surface area contributed by atoms with Gasteiger partial charge in [0, 0.05) is 12.7 Å². The standard InChI is InChI=1S/C16H18FN3O4/c1-9-14(10(2)20(3)19-9)15(21)18-8-13(16(22)23)24-12-6-4-11(17)5-7-12/h4-7,13H,8H2,1-3H3,(H,18,21)(H,22,23). The zero-order valence-corrected chi connectivity index (χ0v) is 13.5. The molecule has 1 aromatic heterocycles. The minimum absolute atomic E-state index is 0.201. The zero-order valence-electron chi connectivity index (χ0n) is 13.5. The maximum atomic E-state index is 12.9. The van der Waals surface area contributed by atoms with Crippen molar-refractivity contribution in [3.05, 3.63) is 47.0 Å². The molecule has 0 bridgehead atoms. The largest absolute Gasteiger partial charge is 0.478 e. The van der Waals surface area contributed by atoms with E-state index >= 15 is 0 Å². The lowest BCUT2D eigenvalue weighted by atomic mass is 10.2. The molecule has 0 spiro atoms. The van der Waals surface area contributed by atoms with Gasteiger partial charge in [0.1, 0.15) is 11.6 Å². The average Bonchev–Trinajstić information content (AvgIpc) is 2.77. The molecule has 1 amide bonds. The number of amides is 1. The van der Waals surface area contributed by atoms with Crippen LogP contribution in [0, 0.1) is 19.7 Å². The summed E-state index contributed by atoms with van der Waals surface area (Å²) in [6.07, 6.45) is -1.29. The van der Waals surface area contributed by atoms with Crippen molar-refractivity contribution < 1.29 is 23.8 Å². The van der Waals surface area contributed by atoms with Crippen LogP contribution < -0.4 is 10.1 Å². The van der Waals surface area contributed by atoms with Crippen molar-refractivity contribution in [2.45, 2.75) is 20.0 Å². The van der Waals surface area contributed by atoms with Gasteiger partial charge in [-0.25, -0.2) is 9.18 Å². The lowest BCUT2D eigenvalue weighted by Gasteiger charge is -2.16. The van der Waals surface area contributed by atoms with Crippen LogP contribution in [0.1, 0.15) is 21.7 Å². The van der Waals surface area contributed by atoms with Crippen LogP contribution in [0.2, 0.25) is 0 Å². The third-order valence-corrected chi connectivity index (χ3v) is 3.55. The summed E-state index contributed by atoms with van der Waals surface area (Å²) in [5.41, 5.74) is 1.64. The number of hydrogen-bond donors (Lipinski definition) is 2. The Labute approximate surface area is 138 Å². The number of carboxylic acids is 1. The minimum atomic E-state index is -1.29. The fourth-order valence-corrected chi connectivity index (χ4v) is 2.23. The highest BCUT2D eigenvalue weighted by Crippen LogP contribution is 2.14. The topological polar surface area (TPSA) is 93.5 Å². The first-order valence-electron chi connectivity index (χ1n) is 7.23. The Balaban J connectivity index is 2.04. The summed E-state index contributed by atoms with van der Waals surface area (Å²) >= 11 is 0. The number of carbonyl (C=O) groups excluding carboxylic acids is 1. The number of aliphatic carboxylic acids is 1. The van der Waals surface area contributed by atoms with Crippen LogP contribution in [0.25, 0.3) is 0 Å². The van der Waals surface area contributed by atoms with Gasteiger partial charge in [-0.3, -0.25) is 9.48 Å². The fourth-order valence-electron chi connectivity index (χ4n) is 2.23. The van der Waals surface area contributed by atoms with Gasteiger partial charge in [0.25, 0.3) is 5.91 Å². The molecular weight excluding hydrogens is 317 g/mol. The summed E-state index contributed by atoms with van der Waals surface area (Å²) in [7, 11) is 1.72. The van der Waals surface area contributed by atoms with E-state index in [1.54, 1.807) is 25.6 Å². The van der Waals surface area contributed by atoms with E-state index in [0.29, 0.717) is 17.0 Å². The minimum Gasteiger partial charge on any atom is -0.478 e. The number of carbonyl (C=O) groups is 2. The van der Waals surface area contributed by atoms with Gasteiger partial charge in [0.15, 0.2) is 0 Å². The number of benzene rings is 1. The number of nitrogens with zero attached hydrogens (tertiary/aromatic N) is 2. The Morgan fingerprint density at radius 3 is 2.46 bits per heavy atom. The van der Waals surface area contributed by atoms with Crippen LogP contribution in [0.15, 0.2) is 24.3 Å². The molecule has 1 aromatic carbocycles. The molecule has 1 heterocycles. The second kappa shape index (κ2) is 7.12. The Hall–Kier alpha value is -2.90. The number of halogens is 1. The third kappa shape index (κ3) is 3.89. The molecule has 2 rings (SSSR count). The van der Waals surface area contributed by atoms with Gasteiger partial charge in [-0.05, 0) is 38.1 Å². The third-order valence-electron chi connectivity index (χ3n) is 3.55. The summed E-state index contributed by atoms with van der Waals surface area (Å²) in [6, 6.07) is 4.97. The van der Waals surface area contributed by atoms with Crippen molar-refractivity contribution in [1.82, 2.24) is 15.1 Å². The van der Waals surface area contributed by atoms with Crippen LogP contribution in [-0.4, -0.2) is 39.4 Å². The van der Waals surface area contributed by atoms with Crippen LogP contribution in [0.4, 0.5) is 4.39 Å². The van der Waals surface area contributed by atoms with Crippen LogP contribution >= 0.6 is 0 Å². The van der Waals surface area contributed by atoms with Crippen LogP contribution in [0.3, 0.4) is 0 Å². The number of aromatic nitrogens is 2. The second-order valence-corrected chi connectivity index (χ2v) is 5.28. The first-order chi connectivity index (χ1) is 11.3. The number of rotatable bonds is 6. The number of aryl methyl sites for hydroxylation is 2. The Kier molecular flexibility index (Phi) is 5.18. The van der Waals surface area contributed by atoms with E-state index in [1.165, 1.54) is 12.1 Å². The number of hydrogen-bond acceptors (Lipinski definition) is 4. The maximum Gasteiger partial charge on any atom is 0.346 e. The number of nitrogens with one attached hydrogen (secondary N) is 1. The molecule has 0 radical (unpaired) electrons. The van der Waals surface area contributed by atoms with Crippen molar-refractivity contribution in [2.24, 2.45) is 7.05 Å². The fraction of sp³-hybridized carbons (Fsp3) is 0.312. The quantitative estimate of drug-likeness (QED) is 0.833. The first-order valence-corrected chi connectivity index (χ1v) is 7.23. The van der Waals surface area contributed by atoms with E-state index in [4.69, 9.17) is 4.74 Å². The summed E-state index contributed by atoms with van der Waals surface area (Å²) in [4.78, 5) is 23.6. The van der Waals surface area contributed by atoms with Crippen LogP contribution in [-0.2, 0) is 11.8 Å². The number of carboxylic acid groups (broad SMARTS) is 1. The maximum absolute atomic E-state index is 12.9. The molecule has 24 heavy (non-hydrogen) atoms. The Bertz CT molecular complexity index is 755. The molecule has 0 fully saturated rings. The van der Waals surface area contributed by atoms with Gasteiger partial charge >= 0.3 is 5.97 Å². The molecule has 0 saturated carbocycles. The van der Waals surface area contributed by atoms with Gasteiger partial charge in [0.2, 0.25) is 6.10 Å². The lowest BCUT2D eigenvalue weighted by Crippen LogP contribution is -2.40. The molecule has 0 aliphatic carbocycles. The summed E-state index contributed by atoms with van der Waals surface area (Å²) in [5.74, 6) is -1.91. The van der Waals surface area contributed by atoms with Gasteiger partial charge in [-0.1, -0.05) is 0 Å². The monoisotopic (exact) mass is 335 g/mol. The zero-order chi connectivity index (χ0) is 17.9. The van der Waals surface area contributed by atoms with E-state index in [0.717, 1.165) is 12.1 Å². The van der Waals surface area contributed by atoms with Crippen molar-refractivity contribution in [1.29, 1.82) is 0 Å². The lowest BCUT2D eigenvalue weighted by molar-refractivity contribution is -0.144. The Morgan fingerprint density at radius 1 is 1.33 bits per heavy atom. The molecule has 0 aliphatic rings. The predicted octanol–water partition coefficient (Wildman–Crippen LogP) is 1.44. The van der Waals surface area contributed by atoms with Crippen molar-refractivity contribution in [2.75, 3.05) is 6.54 Å². The smallest absolute Gasteiger partial charge is 0.346 e. The highest BCUT2D eigenvalue weighted by Gasteiger charge is 2.23. The van der Waals surface area contributed by atoms with Crippen molar-refractivity contribution >= 4 is 11.9 Å². The van der Waals surface area contributed by atoms with E-state index in [9.17, 15) is 19.1 Å². The molecule has 2 aromatic rings. The van der Waals surface area contributed by atoms with Gasteiger partial charge in [-0.2, -0.15) is 5.10 Å². The molecule has 0 saturated heterocycles. The molecule has 128 valence electrons.